The van der Waals surface area contributed by atoms with Crippen LogP contribution in [0.5, 0.6) is 0 Å². The lowest BCUT2D eigenvalue weighted by molar-refractivity contribution is 1.10. The summed E-state index contributed by atoms with van der Waals surface area (Å²) in [5, 5.41) is 1.26. The van der Waals surface area contributed by atoms with Gasteiger partial charge in [-0.15, -0.1) is 0 Å². The molecule has 0 radical (unpaired) electrons. The highest BCUT2D eigenvalue weighted by Gasteiger charge is 2.27. The molecule has 0 aliphatic heterocycles. The van der Waals surface area contributed by atoms with Gasteiger partial charge in [-0.05, 0) is 24.3 Å². The monoisotopic (exact) mass is 320 g/mol. The van der Waals surface area contributed by atoms with Crippen LogP contribution < -0.4 is 0 Å². The van der Waals surface area contributed by atoms with Crippen molar-refractivity contribution >= 4 is 37.4 Å². The van der Waals surface area contributed by atoms with Crippen molar-refractivity contribution in [2.75, 3.05) is 0 Å². The molecule has 2 heteroatoms. The zero-order valence-electron chi connectivity index (χ0n) is 10.7. The van der Waals surface area contributed by atoms with E-state index < -0.39 is 0 Å². The summed E-state index contributed by atoms with van der Waals surface area (Å²) in [6.45, 7) is 0. The molecule has 0 bridgehead atoms. The Hall–Kier alpha value is -2.15. The van der Waals surface area contributed by atoms with Gasteiger partial charge in [-0.25, -0.2) is 0 Å². The van der Waals surface area contributed by atoms with Gasteiger partial charge in [0.2, 0.25) is 0 Å². The second-order valence-electron chi connectivity index (χ2n) is 4.75. The van der Waals surface area contributed by atoms with Crippen LogP contribution in [-0.4, -0.2) is 4.57 Å². The maximum atomic E-state index is 3.66. The minimum atomic E-state index is 1.08. The summed E-state index contributed by atoms with van der Waals surface area (Å²) in [6, 6.07) is 18.9. The molecule has 0 fully saturated rings. The van der Waals surface area contributed by atoms with Gasteiger partial charge in [-0.3, -0.25) is 4.57 Å². The molecule has 0 unspecified atom stereocenters. The van der Waals surface area contributed by atoms with Crippen LogP contribution in [0.15, 0.2) is 60.7 Å². The molecule has 0 saturated carbocycles. The zero-order valence-corrected chi connectivity index (χ0v) is 12.3. The van der Waals surface area contributed by atoms with E-state index in [2.05, 4.69) is 75.1 Å². The van der Waals surface area contributed by atoms with Gasteiger partial charge in [-0.1, -0.05) is 30.3 Å². The van der Waals surface area contributed by atoms with E-state index in [0.29, 0.717) is 0 Å². The number of nitrogens with zero attached hydrogens (tertiary/aromatic N) is 1. The molecule has 20 heavy (non-hydrogen) atoms. The van der Waals surface area contributed by atoms with Crippen LogP contribution in [-0.2, 0) is 0 Å². The summed E-state index contributed by atoms with van der Waals surface area (Å²) < 4.78 is 3.37. The average molecular weight is 321 g/mol. The van der Waals surface area contributed by atoms with E-state index in [9.17, 15) is 0 Å². The first-order chi connectivity index (χ1) is 9.86. The third-order valence-corrected chi connectivity index (χ3v) is 4.22. The van der Waals surface area contributed by atoms with E-state index in [1.54, 1.807) is 0 Å². The highest BCUT2D eigenvalue weighted by atomic mass is 79.9. The molecule has 0 N–H and O–H groups in total. The van der Waals surface area contributed by atoms with Crippen LogP contribution in [0.4, 0.5) is 0 Å². The molecule has 1 nitrogen and oxygen atoms in total. The third-order valence-electron chi connectivity index (χ3n) is 3.59. The van der Waals surface area contributed by atoms with E-state index in [0.717, 1.165) is 4.48 Å². The molecule has 0 amide bonds. The van der Waals surface area contributed by atoms with Crippen molar-refractivity contribution in [3.8, 4) is 5.69 Å². The van der Waals surface area contributed by atoms with E-state index in [4.69, 9.17) is 0 Å². The molecular weight excluding hydrogens is 310 g/mol. The summed E-state index contributed by atoms with van der Waals surface area (Å²) in [7, 11) is 0. The lowest BCUT2D eigenvalue weighted by atomic mass is 10.1. The van der Waals surface area contributed by atoms with Gasteiger partial charge < -0.3 is 0 Å². The predicted molar refractivity (Wildman–Crippen MR) is 87.9 cm³/mol. The Bertz CT molecular complexity index is 854. The third kappa shape index (κ3) is 1.59. The SMILES string of the molecule is BrC1=C[C+]=Cc2c1c1ccccc1n2-c1ccccc1. The number of para-hydroxylation sites is 2. The summed E-state index contributed by atoms with van der Waals surface area (Å²) in [5.74, 6) is 0. The van der Waals surface area contributed by atoms with Gasteiger partial charge in [-0.2, -0.15) is 0 Å². The normalized spacial score (nSPS) is 12.9. The number of fused-ring (bicyclic) bond motifs is 3. The number of halogens is 1. The van der Waals surface area contributed by atoms with Crippen LogP contribution in [0.3, 0.4) is 0 Å². The van der Waals surface area contributed by atoms with Crippen molar-refractivity contribution in [2.24, 2.45) is 0 Å². The van der Waals surface area contributed by atoms with Gasteiger partial charge in [0.15, 0.2) is 5.69 Å². The Kier molecular flexibility index (Phi) is 2.59. The number of aromatic nitrogens is 1. The minimum Gasteiger partial charge on any atom is -0.256 e. The van der Waals surface area contributed by atoms with Crippen LogP contribution in [0.1, 0.15) is 11.3 Å². The minimum absolute atomic E-state index is 1.08. The van der Waals surface area contributed by atoms with E-state index in [1.807, 2.05) is 18.2 Å². The Morgan fingerprint density at radius 1 is 0.900 bits per heavy atom. The first kappa shape index (κ1) is 11.7. The van der Waals surface area contributed by atoms with E-state index in [1.165, 1.54) is 27.8 Å². The number of hydrogen-bond donors (Lipinski definition) is 0. The van der Waals surface area contributed by atoms with Crippen molar-refractivity contribution in [1.82, 2.24) is 4.57 Å². The second kappa shape index (κ2) is 4.45. The van der Waals surface area contributed by atoms with Crippen molar-refractivity contribution in [3.63, 3.8) is 0 Å². The molecule has 0 spiro atoms. The van der Waals surface area contributed by atoms with Gasteiger partial charge in [0.1, 0.15) is 22.2 Å². The Morgan fingerprint density at radius 3 is 2.50 bits per heavy atom. The molecular formula is C18H11BrN+. The molecule has 1 heterocycles. The smallest absolute Gasteiger partial charge is 0.167 e. The van der Waals surface area contributed by atoms with Gasteiger partial charge in [0.25, 0.3) is 0 Å². The van der Waals surface area contributed by atoms with Crippen LogP contribution in [0.25, 0.3) is 27.1 Å². The van der Waals surface area contributed by atoms with E-state index in [-0.39, 0.29) is 0 Å². The quantitative estimate of drug-likeness (QED) is 0.543. The lowest BCUT2D eigenvalue weighted by Gasteiger charge is -2.05. The fraction of sp³-hybridized carbons (Fsp3) is 0. The average Bonchev–Trinajstić information content (AvgIpc) is 2.84. The van der Waals surface area contributed by atoms with Gasteiger partial charge in [0, 0.05) is 27.4 Å². The molecule has 1 aliphatic rings. The number of rotatable bonds is 1. The predicted octanol–water partition coefficient (Wildman–Crippen LogP) is 5.20. The van der Waals surface area contributed by atoms with Crippen molar-refractivity contribution in [3.05, 3.63) is 78.0 Å². The highest BCUT2D eigenvalue weighted by Crippen LogP contribution is 2.39. The molecule has 0 saturated heterocycles. The fourth-order valence-electron chi connectivity index (χ4n) is 2.77. The maximum absolute atomic E-state index is 3.66. The topological polar surface area (TPSA) is 4.93 Å². The number of benzene rings is 2. The molecule has 2 aromatic carbocycles. The Balaban J connectivity index is 2.17. The molecule has 1 aliphatic carbocycles. The molecule has 1 aromatic heterocycles. The van der Waals surface area contributed by atoms with Crippen LogP contribution >= 0.6 is 15.9 Å². The summed E-state index contributed by atoms with van der Waals surface area (Å²) >= 11 is 3.66. The Morgan fingerprint density at radius 2 is 1.65 bits per heavy atom. The van der Waals surface area contributed by atoms with Crippen molar-refractivity contribution in [1.29, 1.82) is 0 Å². The second-order valence-corrected chi connectivity index (χ2v) is 5.61. The van der Waals surface area contributed by atoms with Gasteiger partial charge >= 0.3 is 0 Å². The fourth-order valence-corrected chi connectivity index (χ4v) is 3.32. The zero-order chi connectivity index (χ0) is 13.5. The molecule has 94 valence electrons. The largest absolute Gasteiger partial charge is 0.256 e. The van der Waals surface area contributed by atoms with Crippen molar-refractivity contribution < 1.29 is 0 Å². The molecule has 3 aromatic rings. The maximum Gasteiger partial charge on any atom is 0.167 e. The summed E-state index contributed by atoms with van der Waals surface area (Å²) in [4.78, 5) is 0. The molecule has 4 rings (SSSR count). The van der Waals surface area contributed by atoms with E-state index >= 15 is 0 Å². The lowest BCUT2D eigenvalue weighted by Crippen LogP contribution is -1.98. The first-order valence-electron chi connectivity index (χ1n) is 6.50. The number of hydrogen-bond acceptors (Lipinski definition) is 0. The summed E-state index contributed by atoms with van der Waals surface area (Å²) in [6.07, 6.45) is 7.23. The van der Waals surface area contributed by atoms with Gasteiger partial charge in [0.05, 0.1) is 11.2 Å². The van der Waals surface area contributed by atoms with Crippen LogP contribution in [0, 0.1) is 6.08 Å². The first-order valence-corrected chi connectivity index (χ1v) is 7.30. The summed E-state index contributed by atoms with van der Waals surface area (Å²) in [5.41, 5.74) is 4.80. The standard InChI is InChI=1S/C18H11BrN/c19-15-10-6-12-17-18(15)14-9-4-5-11-16(14)20(17)13-7-2-1-3-8-13/h1-5,7-12H/q+1. The number of allylic oxidation sites excluding steroid dienone is 2. The van der Waals surface area contributed by atoms with Crippen LogP contribution in [0.2, 0.25) is 0 Å². The Labute approximate surface area is 126 Å². The highest BCUT2D eigenvalue weighted by molar-refractivity contribution is 9.15. The van der Waals surface area contributed by atoms with Crippen molar-refractivity contribution in [2.45, 2.75) is 0 Å². The molecule has 0 atom stereocenters.